The molecule has 1 radical (unpaired) electrons. The van der Waals surface area contributed by atoms with E-state index in [1.807, 2.05) is 19.1 Å². The van der Waals surface area contributed by atoms with Gasteiger partial charge >= 0.3 is 0 Å². The molecular weight excluding hydrogens is 401 g/mol. The second kappa shape index (κ2) is 5.08. The number of ketones is 1. The first kappa shape index (κ1) is 13.4. The second-order valence-corrected chi connectivity index (χ2v) is 4.09. The van der Waals surface area contributed by atoms with Crippen LogP contribution < -0.4 is 0 Å². The van der Waals surface area contributed by atoms with Gasteiger partial charge in [-0.1, -0.05) is 42.3 Å². The number of nitrogens with zero attached hydrogens (tertiary/aromatic N) is 1. The van der Waals surface area contributed by atoms with Gasteiger partial charge in [-0.05, 0) is 18.9 Å². The van der Waals surface area contributed by atoms with Crippen molar-refractivity contribution in [2.45, 2.75) is 32.4 Å². The van der Waals surface area contributed by atoms with Crippen LogP contribution in [0, 0.1) is 44.1 Å². The van der Waals surface area contributed by atoms with E-state index in [9.17, 15) is 4.79 Å². The molecule has 15 heavy (non-hydrogen) atoms. The van der Waals surface area contributed by atoms with Gasteiger partial charge in [-0.2, -0.15) is 0 Å². The molecule has 0 aliphatic carbocycles. The average Bonchev–Trinajstić information content (AvgIpc) is 2.17. The Morgan fingerprint density at radius 3 is 2.53 bits per heavy atom. The number of benzene rings is 1. The van der Waals surface area contributed by atoms with Crippen LogP contribution in [0.25, 0.3) is 5.32 Å². The molecule has 0 amide bonds. The van der Waals surface area contributed by atoms with Crippen molar-refractivity contribution in [1.82, 2.24) is 0 Å². The standard InChI is InChI=1S/C12H14NO.Ac/c1-9(14)12(2)7-10-5-3-4-6-11(10)8-13-12;/h3-6H,7-8H2,1-2H3;/q-1;. The van der Waals surface area contributed by atoms with Crippen molar-refractivity contribution in [3.63, 3.8) is 0 Å². The van der Waals surface area contributed by atoms with E-state index < -0.39 is 5.54 Å². The maximum absolute atomic E-state index is 11.4. The maximum Gasteiger partial charge on any atom is 0.115 e. The van der Waals surface area contributed by atoms with Gasteiger partial charge in [0, 0.05) is 44.1 Å². The van der Waals surface area contributed by atoms with Gasteiger partial charge in [0.1, 0.15) is 5.78 Å². The Bertz CT molecular complexity index is 378. The molecule has 1 aliphatic rings. The predicted octanol–water partition coefficient (Wildman–Crippen LogP) is 2.46. The molecule has 0 bridgehead atoms. The molecule has 0 aromatic heterocycles. The predicted molar refractivity (Wildman–Crippen MR) is 56.3 cm³/mol. The average molecular weight is 415 g/mol. The summed E-state index contributed by atoms with van der Waals surface area (Å²) in [7, 11) is 0. The summed E-state index contributed by atoms with van der Waals surface area (Å²) in [5.74, 6) is 0.159. The van der Waals surface area contributed by atoms with Crippen LogP contribution in [0.3, 0.4) is 0 Å². The quantitative estimate of drug-likeness (QED) is 0.694. The third-order valence-corrected chi connectivity index (χ3v) is 3.01. The van der Waals surface area contributed by atoms with E-state index in [2.05, 4.69) is 17.4 Å². The first-order valence-electron chi connectivity index (χ1n) is 4.88. The number of carbonyl (C=O) groups is 1. The molecule has 1 unspecified atom stereocenters. The minimum Gasteiger partial charge on any atom is -0.647 e. The third-order valence-electron chi connectivity index (χ3n) is 3.01. The maximum atomic E-state index is 11.4. The largest absolute Gasteiger partial charge is 0.647 e. The third kappa shape index (κ3) is 2.70. The first-order chi connectivity index (χ1) is 6.62. The summed E-state index contributed by atoms with van der Waals surface area (Å²) in [6, 6.07) is 8.21. The Morgan fingerprint density at radius 2 is 1.93 bits per heavy atom. The van der Waals surface area contributed by atoms with Gasteiger partial charge in [0.05, 0.1) is 0 Å². The Morgan fingerprint density at radius 1 is 1.33 bits per heavy atom. The molecule has 1 aliphatic heterocycles. The Balaban J connectivity index is 0.00000112. The molecule has 1 aromatic carbocycles. The summed E-state index contributed by atoms with van der Waals surface area (Å²) in [6.45, 7) is 4.22. The molecule has 1 aromatic rings. The van der Waals surface area contributed by atoms with Crippen LogP contribution in [0.4, 0.5) is 0 Å². The SMILES string of the molecule is CC(=O)C1(C)Cc2ccccc2C[N-]1.[Ac]. The number of Topliss-reactive ketones (excluding diaryl/α,β-unsaturated/α-hetero) is 1. The summed E-state index contributed by atoms with van der Waals surface area (Å²) in [5, 5.41) is 4.45. The molecule has 1 heterocycles. The van der Waals surface area contributed by atoms with Crippen LogP contribution in [0.5, 0.6) is 0 Å². The zero-order chi connectivity index (χ0) is 10.2. The zero-order valence-corrected chi connectivity index (χ0v) is 13.9. The summed E-state index contributed by atoms with van der Waals surface area (Å²) < 4.78 is 0. The number of carbonyl (C=O) groups excluding carboxylic acids is 1. The van der Waals surface area contributed by atoms with E-state index in [0.29, 0.717) is 6.54 Å². The van der Waals surface area contributed by atoms with Crippen LogP contribution in [-0.2, 0) is 17.8 Å². The van der Waals surface area contributed by atoms with E-state index in [-0.39, 0.29) is 49.8 Å². The monoisotopic (exact) mass is 415 g/mol. The molecule has 2 rings (SSSR count). The first-order valence-corrected chi connectivity index (χ1v) is 4.88. The number of fused-ring (bicyclic) bond motifs is 1. The summed E-state index contributed by atoms with van der Waals surface area (Å²) in [4.78, 5) is 11.4. The van der Waals surface area contributed by atoms with Crippen molar-refractivity contribution in [1.29, 1.82) is 0 Å². The van der Waals surface area contributed by atoms with Crippen LogP contribution >= 0.6 is 0 Å². The van der Waals surface area contributed by atoms with E-state index >= 15 is 0 Å². The molecule has 0 N–H and O–H groups in total. The molecule has 77 valence electrons. The molecule has 3 heteroatoms. The van der Waals surface area contributed by atoms with Gasteiger partial charge in [-0.3, -0.25) is 0 Å². The normalized spacial score (nSPS) is 23.9. The van der Waals surface area contributed by atoms with Gasteiger partial charge in [0.2, 0.25) is 0 Å². The van der Waals surface area contributed by atoms with Gasteiger partial charge in [0.25, 0.3) is 0 Å². The van der Waals surface area contributed by atoms with Crippen LogP contribution in [0.2, 0.25) is 0 Å². The Kier molecular flexibility index (Phi) is 4.52. The van der Waals surface area contributed by atoms with Gasteiger partial charge < -0.3 is 10.1 Å². The fourth-order valence-electron chi connectivity index (χ4n) is 1.81. The molecule has 0 saturated carbocycles. The molecule has 2 nitrogen and oxygen atoms in total. The fraction of sp³-hybridized carbons (Fsp3) is 0.417. The summed E-state index contributed by atoms with van der Waals surface area (Å²) in [5.41, 5.74) is 2.03. The van der Waals surface area contributed by atoms with Crippen molar-refractivity contribution in [3.8, 4) is 0 Å². The topological polar surface area (TPSA) is 31.2 Å². The van der Waals surface area contributed by atoms with Gasteiger partial charge in [-0.15, -0.1) is 6.54 Å². The molecule has 0 saturated heterocycles. The molecule has 0 spiro atoms. The Hall–Kier alpha value is 0.292. The fourth-order valence-corrected chi connectivity index (χ4v) is 1.81. The summed E-state index contributed by atoms with van der Waals surface area (Å²) >= 11 is 0. The van der Waals surface area contributed by atoms with Crippen LogP contribution in [0.1, 0.15) is 25.0 Å². The molecular formula is C12H14AcNO-. The minimum atomic E-state index is -0.492. The number of hydrogen-bond donors (Lipinski definition) is 0. The van der Waals surface area contributed by atoms with Gasteiger partial charge in [-0.25, -0.2) is 0 Å². The van der Waals surface area contributed by atoms with Crippen molar-refractivity contribution >= 4 is 5.78 Å². The second-order valence-electron chi connectivity index (χ2n) is 4.09. The number of rotatable bonds is 1. The van der Waals surface area contributed by atoms with E-state index in [1.165, 1.54) is 11.1 Å². The smallest absolute Gasteiger partial charge is 0.115 e. The van der Waals surface area contributed by atoms with Crippen molar-refractivity contribution in [2.75, 3.05) is 0 Å². The van der Waals surface area contributed by atoms with Crippen molar-refractivity contribution < 1.29 is 48.9 Å². The zero-order valence-electron chi connectivity index (χ0n) is 9.16. The van der Waals surface area contributed by atoms with E-state index in [4.69, 9.17) is 0 Å². The minimum absolute atomic E-state index is 0. The summed E-state index contributed by atoms with van der Waals surface area (Å²) in [6.07, 6.45) is 0.749. The molecule has 1 atom stereocenters. The van der Waals surface area contributed by atoms with Crippen molar-refractivity contribution in [2.24, 2.45) is 0 Å². The van der Waals surface area contributed by atoms with Crippen LogP contribution in [-0.4, -0.2) is 11.3 Å². The van der Waals surface area contributed by atoms with Gasteiger partial charge in [0.15, 0.2) is 0 Å². The van der Waals surface area contributed by atoms with E-state index in [1.54, 1.807) is 6.92 Å². The number of hydrogen-bond acceptors (Lipinski definition) is 1. The van der Waals surface area contributed by atoms with Crippen molar-refractivity contribution in [3.05, 3.63) is 40.7 Å². The van der Waals surface area contributed by atoms with Crippen LogP contribution in [0.15, 0.2) is 24.3 Å². The molecule has 0 fully saturated rings. The Labute approximate surface area is 126 Å². The van der Waals surface area contributed by atoms with E-state index in [0.717, 1.165) is 6.42 Å².